The highest BCUT2D eigenvalue weighted by atomic mass is 16.4. The smallest absolute Gasteiger partial charge is 0.308 e. The molecule has 1 amide bonds. The van der Waals surface area contributed by atoms with Crippen LogP contribution in [-0.4, -0.2) is 44.8 Å². The number of amides is 1. The van der Waals surface area contributed by atoms with Crippen molar-refractivity contribution in [2.45, 2.75) is 45.4 Å². The van der Waals surface area contributed by atoms with E-state index < -0.39 is 11.9 Å². The maximum atomic E-state index is 12.9. The second-order valence-corrected chi connectivity index (χ2v) is 6.81. The van der Waals surface area contributed by atoms with Gasteiger partial charge in [0.2, 0.25) is 0 Å². The van der Waals surface area contributed by atoms with Gasteiger partial charge in [0.25, 0.3) is 5.91 Å². The number of carbonyl (C=O) groups is 2. The summed E-state index contributed by atoms with van der Waals surface area (Å²) in [5.41, 5.74) is 2.79. The highest BCUT2D eigenvalue weighted by molar-refractivity contribution is 5.94. The first-order chi connectivity index (χ1) is 11.0. The van der Waals surface area contributed by atoms with Gasteiger partial charge in [0, 0.05) is 31.4 Å². The Morgan fingerprint density at radius 2 is 2.00 bits per heavy atom. The molecular formula is C17H25N3O3. The molecule has 23 heavy (non-hydrogen) atoms. The summed E-state index contributed by atoms with van der Waals surface area (Å²) >= 11 is 0. The van der Waals surface area contributed by atoms with Crippen LogP contribution in [0.15, 0.2) is 0 Å². The Bertz CT molecular complexity index is 623. The number of aliphatic carboxylic acids is 1. The van der Waals surface area contributed by atoms with Gasteiger partial charge in [-0.2, -0.15) is 5.10 Å². The average molecular weight is 319 g/mol. The predicted octanol–water partition coefficient (Wildman–Crippen LogP) is 1.87. The molecule has 1 N–H and O–H groups in total. The van der Waals surface area contributed by atoms with E-state index in [1.807, 2.05) is 11.7 Å². The SMILES string of the molecule is CCC[C@@H]1CN(C(=O)c2nn(C)c3c2CCCC3)C[C@H]1C(=O)O. The minimum absolute atomic E-state index is 0.0565. The first-order valence-corrected chi connectivity index (χ1v) is 8.59. The fraction of sp³-hybridized carbons (Fsp3) is 0.706. The van der Waals surface area contributed by atoms with Gasteiger partial charge < -0.3 is 10.0 Å². The van der Waals surface area contributed by atoms with Gasteiger partial charge in [0.05, 0.1) is 5.92 Å². The third-order valence-electron chi connectivity index (χ3n) is 5.27. The van der Waals surface area contributed by atoms with E-state index in [-0.39, 0.29) is 11.8 Å². The van der Waals surface area contributed by atoms with Crippen LogP contribution >= 0.6 is 0 Å². The fourth-order valence-electron chi connectivity index (χ4n) is 4.07. The van der Waals surface area contributed by atoms with Crippen LogP contribution in [-0.2, 0) is 24.7 Å². The zero-order valence-corrected chi connectivity index (χ0v) is 13.9. The van der Waals surface area contributed by atoms with Crippen molar-refractivity contribution in [2.24, 2.45) is 18.9 Å². The van der Waals surface area contributed by atoms with Gasteiger partial charge in [-0.1, -0.05) is 13.3 Å². The Morgan fingerprint density at radius 1 is 1.26 bits per heavy atom. The quantitative estimate of drug-likeness (QED) is 0.919. The summed E-state index contributed by atoms with van der Waals surface area (Å²) in [6, 6.07) is 0. The molecule has 1 aliphatic carbocycles. The number of rotatable bonds is 4. The molecule has 1 aromatic heterocycles. The Balaban J connectivity index is 1.83. The third-order valence-corrected chi connectivity index (χ3v) is 5.27. The van der Waals surface area contributed by atoms with E-state index in [4.69, 9.17) is 0 Å². The molecule has 0 aromatic carbocycles. The lowest BCUT2D eigenvalue weighted by Gasteiger charge is -2.17. The summed E-state index contributed by atoms with van der Waals surface area (Å²) in [5.74, 6) is -1.27. The zero-order valence-electron chi connectivity index (χ0n) is 13.9. The molecule has 0 unspecified atom stereocenters. The van der Waals surface area contributed by atoms with Crippen LogP contribution in [0.4, 0.5) is 0 Å². The normalized spacial score (nSPS) is 23.8. The number of likely N-dealkylation sites (tertiary alicyclic amines) is 1. The molecule has 1 aliphatic heterocycles. The molecule has 2 heterocycles. The van der Waals surface area contributed by atoms with Crippen molar-refractivity contribution in [3.8, 4) is 0 Å². The Morgan fingerprint density at radius 3 is 2.70 bits per heavy atom. The van der Waals surface area contributed by atoms with E-state index in [1.165, 1.54) is 5.69 Å². The second kappa shape index (κ2) is 6.34. The zero-order chi connectivity index (χ0) is 16.6. The van der Waals surface area contributed by atoms with Gasteiger partial charge in [-0.25, -0.2) is 0 Å². The Labute approximate surface area is 136 Å². The standard InChI is InChI=1S/C17H25N3O3/c1-3-6-11-9-20(10-13(11)17(22)23)16(21)15-12-7-4-5-8-14(12)19(2)18-15/h11,13H,3-10H2,1-2H3,(H,22,23)/t11-,13-/m1/s1. The maximum Gasteiger partial charge on any atom is 0.308 e. The van der Waals surface area contributed by atoms with Gasteiger partial charge in [0.1, 0.15) is 0 Å². The van der Waals surface area contributed by atoms with Gasteiger partial charge in [-0.15, -0.1) is 0 Å². The highest BCUT2D eigenvalue weighted by Gasteiger charge is 2.40. The number of carboxylic acids is 1. The summed E-state index contributed by atoms with van der Waals surface area (Å²) in [6.07, 6.45) is 5.90. The molecular weight excluding hydrogens is 294 g/mol. The Hall–Kier alpha value is -1.85. The number of carboxylic acid groups (broad SMARTS) is 1. The van der Waals surface area contributed by atoms with Crippen LogP contribution in [0.5, 0.6) is 0 Å². The van der Waals surface area contributed by atoms with Crippen molar-refractivity contribution < 1.29 is 14.7 Å². The molecule has 3 rings (SSSR count). The van der Waals surface area contributed by atoms with Crippen molar-refractivity contribution in [2.75, 3.05) is 13.1 Å². The molecule has 0 radical (unpaired) electrons. The predicted molar refractivity (Wildman–Crippen MR) is 85.3 cm³/mol. The number of aromatic nitrogens is 2. The topological polar surface area (TPSA) is 75.4 Å². The fourth-order valence-corrected chi connectivity index (χ4v) is 4.07. The number of aryl methyl sites for hydroxylation is 1. The van der Waals surface area contributed by atoms with E-state index >= 15 is 0 Å². The summed E-state index contributed by atoms with van der Waals surface area (Å²) in [5, 5.41) is 13.9. The molecule has 1 aromatic rings. The summed E-state index contributed by atoms with van der Waals surface area (Å²) in [4.78, 5) is 26.1. The summed E-state index contributed by atoms with van der Waals surface area (Å²) < 4.78 is 1.83. The molecule has 0 bridgehead atoms. The third kappa shape index (κ3) is 2.86. The molecule has 6 heteroatoms. The molecule has 1 saturated heterocycles. The van der Waals surface area contributed by atoms with Crippen molar-refractivity contribution in [1.29, 1.82) is 0 Å². The molecule has 126 valence electrons. The average Bonchev–Trinajstić information content (AvgIpc) is 3.10. The largest absolute Gasteiger partial charge is 0.481 e. The van der Waals surface area contributed by atoms with Gasteiger partial charge in [-0.3, -0.25) is 14.3 Å². The second-order valence-electron chi connectivity index (χ2n) is 6.81. The summed E-state index contributed by atoms with van der Waals surface area (Å²) in [6.45, 7) is 2.90. The monoisotopic (exact) mass is 319 g/mol. The van der Waals surface area contributed by atoms with Crippen LogP contribution in [0.1, 0.15) is 54.4 Å². The van der Waals surface area contributed by atoms with Crippen LogP contribution in [0.2, 0.25) is 0 Å². The minimum Gasteiger partial charge on any atom is -0.481 e. The first kappa shape index (κ1) is 16.0. The lowest BCUT2D eigenvalue weighted by Crippen LogP contribution is -2.31. The van der Waals surface area contributed by atoms with E-state index in [0.717, 1.165) is 44.1 Å². The molecule has 2 atom stereocenters. The molecule has 6 nitrogen and oxygen atoms in total. The number of carbonyl (C=O) groups excluding carboxylic acids is 1. The lowest BCUT2D eigenvalue weighted by molar-refractivity contribution is -0.142. The number of nitrogens with zero attached hydrogens (tertiary/aromatic N) is 3. The van der Waals surface area contributed by atoms with Crippen LogP contribution < -0.4 is 0 Å². The van der Waals surface area contributed by atoms with Crippen LogP contribution in [0.3, 0.4) is 0 Å². The number of fused-ring (bicyclic) bond motifs is 1. The van der Waals surface area contributed by atoms with Crippen LogP contribution in [0, 0.1) is 11.8 Å². The maximum absolute atomic E-state index is 12.9. The molecule has 0 spiro atoms. The van der Waals surface area contributed by atoms with Gasteiger partial charge >= 0.3 is 5.97 Å². The van der Waals surface area contributed by atoms with E-state index in [9.17, 15) is 14.7 Å². The Kier molecular flexibility index (Phi) is 4.41. The van der Waals surface area contributed by atoms with Crippen molar-refractivity contribution in [1.82, 2.24) is 14.7 Å². The minimum atomic E-state index is -0.790. The number of hydrogen-bond acceptors (Lipinski definition) is 3. The van der Waals surface area contributed by atoms with E-state index in [2.05, 4.69) is 12.0 Å². The molecule has 0 saturated carbocycles. The highest BCUT2D eigenvalue weighted by Crippen LogP contribution is 2.30. The van der Waals surface area contributed by atoms with E-state index in [1.54, 1.807) is 4.90 Å². The van der Waals surface area contributed by atoms with Crippen molar-refractivity contribution in [3.05, 3.63) is 17.0 Å². The van der Waals surface area contributed by atoms with Gasteiger partial charge in [0.15, 0.2) is 5.69 Å². The van der Waals surface area contributed by atoms with Crippen LogP contribution in [0.25, 0.3) is 0 Å². The number of hydrogen-bond donors (Lipinski definition) is 1. The molecule has 2 aliphatic rings. The van der Waals surface area contributed by atoms with Crippen molar-refractivity contribution >= 4 is 11.9 Å². The van der Waals surface area contributed by atoms with Crippen molar-refractivity contribution in [3.63, 3.8) is 0 Å². The van der Waals surface area contributed by atoms with Gasteiger partial charge in [-0.05, 0) is 38.0 Å². The first-order valence-electron chi connectivity index (χ1n) is 8.59. The van der Waals surface area contributed by atoms with E-state index in [0.29, 0.717) is 18.8 Å². The summed E-state index contributed by atoms with van der Waals surface area (Å²) in [7, 11) is 1.89. The molecule has 1 fully saturated rings. The lowest BCUT2D eigenvalue weighted by atomic mass is 9.92.